The van der Waals surface area contributed by atoms with E-state index in [9.17, 15) is 0 Å². The van der Waals surface area contributed by atoms with Crippen LogP contribution in [-0.2, 0) is 4.43 Å². The molecule has 0 spiro atoms. The van der Waals surface area contributed by atoms with E-state index in [2.05, 4.69) is 25.6 Å². The molecule has 0 unspecified atom stereocenters. The van der Waals surface area contributed by atoms with Gasteiger partial charge in [-0.2, -0.15) is 0 Å². The summed E-state index contributed by atoms with van der Waals surface area (Å²) in [6.45, 7) is 5.85. The van der Waals surface area contributed by atoms with E-state index in [1.807, 2.05) is 12.1 Å². The van der Waals surface area contributed by atoms with Crippen molar-refractivity contribution < 1.29 is 4.43 Å². The molecule has 0 atom stereocenters. The second-order valence-corrected chi connectivity index (χ2v) is 2.90. The Morgan fingerprint density at radius 2 is 1.91 bits per heavy atom. The molecule has 0 aliphatic heterocycles. The van der Waals surface area contributed by atoms with Gasteiger partial charge in [0.1, 0.15) is 5.76 Å². The van der Waals surface area contributed by atoms with Crippen molar-refractivity contribution in [3.63, 3.8) is 0 Å². The van der Waals surface area contributed by atoms with Gasteiger partial charge >= 0.3 is 0 Å². The maximum absolute atomic E-state index is 5.12. The van der Waals surface area contributed by atoms with E-state index in [0.29, 0.717) is 10.5 Å². The van der Waals surface area contributed by atoms with Crippen LogP contribution in [0.25, 0.3) is 5.76 Å². The van der Waals surface area contributed by atoms with Gasteiger partial charge < -0.3 is 4.43 Å². The van der Waals surface area contributed by atoms with Crippen LogP contribution in [0.3, 0.4) is 0 Å². The Morgan fingerprint density at radius 3 is 2.36 bits per heavy atom. The van der Waals surface area contributed by atoms with Crippen LogP contribution in [-0.4, -0.2) is 10.5 Å². The number of hydrogen-bond acceptors (Lipinski definition) is 1. The lowest BCUT2D eigenvalue weighted by Gasteiger charge is -2.04. The highest BCUT2D eigenvalue weighted by Gasteiger charge is 1.94. The molecule has 58 valence electrons. The zero-order valence-electron chi connectivity index (χ0n) is 6.92. The van der Waals surface area contributed by atoms with Gasteiger partial charge in [-0.05, 0) is 6.92 Å². The Bertz CT molecular complexity index is 251. The first-order chi connectivity index (χ1) is 5.24. The molecular formula is C9H12OSi. The number of benzene rings is 1. The predicted molar refractivity (Wildman–Crippen MR) is 51.2 cm³/mol. The molecular weight excluding hydrogens is 152 g/mol. The molecule has 1 nitrogen and oxygen atoms in total. The molecule has 0 N–H and O–H groups in total. The average Bonchev–Trinajstić information content (AvgIpc) is 2.05. The molecule has 0 heterocycles. The van der Waals surface area contributed by atoms with Crippen molar-refractivity contribution in [2.24, 2.45) is 0 Å². The van der Waals surface area contributed by atoms with E-state index in [-0.39, 0.29) is 0 Å². The second-order valence-electron chi connectivity index (χ2n) is 2.49. The third kappa shape index (κ3) is 1.95. The fourth-order valence-corrected chi connectivity index (χ4v) is 1.09. The average molecular weight is 164 g/mol. The molecule has 0 radical (unpaired) electrons. The summed E-state index contributed by atoms with van der Waals surface area (Å²) in [5, 5.41) is 0. The lowest BCUT2D eigenvalue weighted by molar-refractivity contribution is 0.574. The fraction of sp³-hybridized carbons (Fsp3) is 0.111. The van der Waals surface area contributed by atoms with E-state index in [1.165, 1.54) is 5.56 Å². The first kappa shape index (κ1) is 8.08. The van der Waals surface area contributed by atoms with Gasteiger partial charge in [-0.1, -0.05) is 36.4 Å². The molecule has 1 rings (SSSR count). The first-order valence-electron chi connectivity index (χ1n) is 3.54. The van der Waals surface area contributed by atoms with Gasteiger partial charge in [0.05, 0.1) is 0 Å². The van der Waals surface area contributed by atoms with Crippen molar-refractivity contribution in [1.29, 1.82) is 0 Å². The zero-order chi connectivity index (χ0) is 8.27. The van der Waals surface area contributed by atoms with Crippen LogP contribution in [0, 0.1) is 6.92 Å². The van der Waals surface area contributed by atoms with Gasteiger partial charge in [0, 0.05) is 5.56 Å². The molecule has 0 fully saturated rings. The highest BCUT2D eigenvalue weighted by Crippen LogP contribution is 2.12. The Kier molecular flexibility index (Phi) is 2.49. The monoisotopic (exact) mass is 164 g/mol. The van der Waals surface area contributed by atoms with Crippen LogP contribution in [0.2, 0.25) is 0 Å². The van der Waals surface area contributed by atoms with Crippen molar-refractivity contribution in [3.8, 4) is 0 Å². The molecule has 0 saturated heterocycles. The molecule has 0 saturated carbocycles. The van der Waals surface area contributed by atoms with Crippen LogP contribution in [0.15, 0.2) is 30.8 Å². The standard InChI is InChI=1S/C9H12OSi/c1-7-3-5-9(6-4-7)8(2)10-11/h3-6H,2H2,1,11H3. The summed E-state index contributed by atoms with van der Waals surface area (Å²) in [6, 6.07) is 8.16. The minimum atomic E-state index is 0.706. The Hall–Kier alpha value is -1.02. The molecule has 0 aliphatic carbocycles. The minimum absolute atomic E-state index is 0.706. The minimum Gasteiger partial charge on any atom is -0.553 e. The first-order valence-corrected chi connectivity index (χ1v) is 4.35. The van der Waals surface area contributed by atoms with Crippen LogP contribution < -0.4 is 0 Å². The van der Waals surface area contributed by atoms with Gasteiger partial charge in [-0.15, -0.1) is 0 Å². The quantitative estimate of drug-likeness (QED) is 0.472. The summed E-state index contributed by atoms with van der Waals surface area (Å²) in [5.41, 5.74) is 2.33. The molecule has 1 aromatic rings. The molecule has 0 aliphatic rings. The molecule has 1 aromatic carbocycles. The Balaban J connectivity index is 2.90. The molecule has 2 heteroatoms. The summed E-state index contributed by atoms with van der Waals surface area (Å²) < 4.78 is 5.12. The summed E-state index contributed by atoms with van der Waals surface area (Å²) >= 11 is 0. The van der Waals surface area contributed by atoms with E-state index in [4.69, 9.17) is 4.43 Å². The maximum Gasteiger partial charge on any atom is 0.204 e. The summed E-state index contributed by atoms with van der Waals surface area (Å²) in [4.78, 5) is 0. The van der Waals surface area contributed by atoms with E-state index in [0.717, 1.165) is 11.3 Å². The van der Waals surface area contributed by atoms with Crippen molar-refractivity contribution in [1.82, 2.24) is 0 Å². The lowest BCUT2D eigenvalue weighted by Crippen LogP contribution is -1.85. The van der Waals surface area contributed by atoms with Gasteiger partial charge in [0.15, 0.2) is 0 Å². The third-order valence-electron chi connectivity index (χ3n) is 1.62. The van der Waals surface area contributed by atoms with Crippen LogP contribution in [0.4, 0.5) is 0 Å². The second kappa shape index (κ2) is 3.39. The van der Waals surface area contributed by atoms with Crippen LogP contribution in [0.5, 0.6) is 0 Å². The van der Waals surface area contributed by atoms with Crippen LogP contribution >= 0.6 is 0 Å². The number of aryl methyl sites for hydroxylation is 1. The number of hydrogen-bond donors (Lipinski definition) is 0. The fourth-order valence-electron chi connectivity index (χ4n) is 0.857. The van der Waals surface area contributed by atoms with Gasteiger partial charge in [0.25, 0.3) is 0 Å². The lowest BCUT2D eigenvalue weighted by atomic mass is 10.1. The smallest absolute Gasteiger partial charge is 0.204 e. The Labute approximate surface area is 70.2 Å². The summed E-state index contributed by atoms with van der Waals surface area (Å²) in [5.74, 6) is 0.775. The van der Waals surface area contributed by atoms with Gasteiger partial charge in [-0.3, -0.25) is 0 Å². The molecule has 0 amide bonds. The largest absolute Gasteiger partial charge is 0.553 e. The maximum atomic E-state index is 5.12. The SMILES string of the molecule is C=C(O[SiH3])c1ccc(C)cc1. The molecule has 11 heavy (non-hydrogen) atoms. The Morgan fingerprint density at radius 1 is 1.36 bits per heavy atom. The predicted octanol–water partition coefficient (Wildman–Crippen LogP) is 1.26. The molecule has 0 bridgehead atoms. The zero-order valence-corrected chi connectivity index (χ0v) is 8.92. The normalized spacial score (nSPS) is 9.55. The highest BCUT2D eigenvalue weighted by molar-refractivity contribution is 6.01. The third-order valence-corrected chi connectivity index (χ3v) is 2.11. The van der Waals surface area contributed by atoms with Crippen molar-refractivity contribution in [2.45, 2.75) is 6.92 Å². The van der Waals surface area contributed by atoms with Gasteiger partial charge in [-0.25, -0.2) is 0 Å². The van der Waals surface area contributed by atoms with Crippen molar-refractivity contribution >= 4 is 16.2 Å². The topological polar surface area (TPSA) is 9.23 Å². The van der Waals surface area contributed by atoms with E-state index >= 15 is 0 Å². The highest BCUT2D eigenvalue weighted by atomic mass is 28.2. The van der Waals surface area contributed by atoms with Crippen LogP contribution in [0.1, 0.15) is 11.1 Å². The van der Waals surface area contributed by atoms with Crippen molar-refractivity contribution in [3.05, 3.63) is 42.0 Å². The molecule has 0 aromatic heterocycles. The summed E-state index contributed by atoms with van der Waals surface area (Å²) in [6.07, 6.45) is 0. The van der Waals surface area contributed by atoms with Gasteiger partial charge in [0.2, 0.25) is 10.5 Å². The number of rotatable bonds is 2. The van der Waals surface area contributed by atoms with E-state index < -0.39 is 0 Å². The van der Waals surface area contributed by atoms with E-state index in [1.54, 1.807) is 0 Å². The van der Waals surface area contributed by atoms with Crippen molar-refractivity contribution in [2.75, 3.05) is 0 Å². The summed E-state index contributed by atoms with van der Waals surface area (Å²) in [7, 11) is 0.706.